The smallest absolute Gasteiger partial charge is 0.343 e. The van der Waals surface area contributed by atoms with E-state index in [1.807, 2.05) is 0 Å². The summed E-state index contributed by atoms with van der Waals surface area (Å²) in [5.74, 6) is -1.82. The van der Waals surface area contributed by atoms with Crippen LogP contribution in [0.5, 0.6) is 11.5 Å². The molecule has 0 atom stereocenters. The molecule has 200 valence electrons. The number of ether oxygens (including phenoxy) is 3. The molecule has 0 spiro atoms. The summed E-state index contributed by atoms with van der Waals surface area (Å²) in [6.07, 6.45) is 1.33. The molecule has 0 aromatic heterocycles. The molecule has 0 saturated carbocycles. The molecule has 3 aromatic carbocycles. The lowest BCUT2D eigenvalue weighted by Gasteiger charge is -2.27. The average Bonchev–Trinajstić information content (AvgIpc) is 2.98. The third-order valence-corrected chi connectivity index (χ3v) is 5.71. The topological polar surface area (TPSA) is 136 Å². The standard InChI is InChI=1S/C28H26N4O7/c1-37-21-12-8-20(9-13-21)28(36)39-22-10-6-19(7-11-22)18-29-31-26(34)25(33)30-24-5-3-2-4-23(24)27(35)32-14-16-38-17-15-32/h2-13,18H,14-17H2,1H3,(H,30,33)(H,31,34)/b29-18+. The molecule has 1 aliphatic rings. The van der Waals surface area contributed by atoms with Crippen LogP contribution >= 0.6 is 0 Å². The van der Waals surface area contributed by atoms with Gasteiger partial charge < -0.3 is 24.4 Å². The van der Waals surface area contributed by atoms with E-state index >= 15 is 0 Å². The molecule has 1 aliphatic heterocycles. The van der Waals surface area contributed by atoms with E-state index in [1.165, 1.54) is 13.3 Å². The Morgan fingerprint density at radius 1 is 0.872 bits per heavy atom. The fourth-order valence-electron chi connectivity index (χ4n) is 3.63. The van der Waals surface area contributed by atoms with Gasteiger partial charge in [0, 0.05) is 13.1 Å². The van der Waals surface area contributed by atoms with Gasteiger partial charge in [-0.2, -0.15) is 5.10 Å². The Morgan fingerprint density at radius 3 is 2.23 bits per heavy atom. The van der Waals surface area contributed by atoms with Gasteiger partial charge in [-0.25, -0.2) is 10.2 Å². The minimum absolute atomic E-state index is 0.220. The van der Waals surface area contributed by atoms with Crippen LogP contribution in [-0.2, 0) is 14.3 Å². The van der Waals surface area contributed by atoms with Crippen LogP contribution in [0.4, 0.5) is 5.69 Å². The van der Waals surface area contributed by atoms with Crippen molar-refractivity contribution in [2.24, 2.45) is 5.10 Å². The normalized spacial score (nSPS) is 13.0. The Hall–Kier alpha value is -5.03. The Balaban J connectivity index is 1.29. The minimum Gasteiger partial charge on any atom is -0.497 e. The number of morpholine rings is 1. The van der Waals surface area contributed by atoms with Gasteiger partial charge >= 0.3 is 17.8 Å². The number of nitrogens with zero attached hydrogens (tertiary/aromatic N) is 2. The van der Waals surface area contributed by atoms with Crippen LogP contribution in [0.25, 0.3) is 0 Å². The Morgan fingerprint density at radius 2 is 1.54 bits per heavy atom. The highest BCUT2D eigenvalue weighted by molar-refractivity contribution is 6.40. The van der Waals surface area contributed by atoms with Gasteiger partial charge in [0.05, 0.1) is 43.4 Å². The number of anilines is 1. The summed E-state index contributed by atoms with van der Waals surface area (Å²) in [6, 6.07) is 19.4. The molecule has 0 unspecified atom stereocenters. The van der Waals surface area contributed by atoms with Crippen LogP contribution < -0.4 is 20.2 Å². The van der Waals surface area contributed by atoms with Gasteiger partial charge in [-0.1, -0.05) is 12.1 Å². The highest BCUT2D eigenvalue weighted by Gasteiger charge is 2.23. The molecule has 3 aromatic rings. The highest BCUT2D eigenvalue weighted by atomic mass is 16.5. The molecule has 39 heavy (non-hydrogen) atoms. The van der Waals surface area contributed by atoms with Crippen molar-refractivity contribution in [2.45, 2.75) is 0 Å². The van der Waals surface area contributed by atoms with E-state index in [0.29, 0.717) is 48.9 Å². The van der Waals surface area contributed by atoms with Gasteiger partial charge in [0.1, 0.15) is 11.5 Å². The summed E-state index contributed by atoms with van der Waals surface area (Å²) < 4.78 is 15.7. The average molecular weight is 531 g/mol. The maximum absolute atomic E-state index is 12.8. The largest absolute Gasteiger partial charge is 0.497 e. The Labute approximate surface area is 224 Å². The van der Waals surface area contributed by atoms with Gasteiger partial charge in [0.15, 0.2) is 0 Å². The summed E-state index contributed by atoms with van der Waals surface area (Å²) in [6.45, 7) is 1.78. The second-order valence-electron chi connectivity index (χ2n) is 8.29. The lowest BCUT2D eigenvalue weighted by Crippen LogP contribution is -2.41. The van der Waals surface area contributed by atoms with Crippen molar-refractivity contribution in [1.82, 2.24) is 10.3 Å². The SMILES string of the molecule is COc1ccc(C(=O)Oc2ccc(/C=N/NC(=O)C(=O)Nc3ccccc3C(=O)N3CCOCC3)cc2)cc1. The van der Waals surface area contributed by atoms with Crippen LogP contribution in [0.15, 0.2) is 77.9 Å². The number of hydrogen-bond donors (Lipinski definition) is 2. The summed E-state index contributed by atoms with van der Waals surface area (Å²) >= 11 is 0. The third-order valence-electron chi connectivity index (χ3n) is 5.71. The van der Waals surface area contributed by atoms with E-state index in [4.69, 9.17) is 14.2 Å². The molecule has 3 amide bonds. The Kier molecular flexibility index (Phi) is 8.99. The molecule has 2 N–H and O–H groups in total. The predicted octanol–water partition coefficient (Wildman–Crippen LogP) is 2.48. The van der Waals surface area contributed by atoms with Crippen LogP contribution in [0.3, 0.4) is 0 Å². The monoisotopic (exact) mass is 530 g/mol. The molecular weight excluding hydrogens is 504 g/mol. The zero-order valence-electron chi connectivity index (χ0n) is 21.1. The highest BCUT2D eigenvalue weighted by Crippen LogP contribution is 2.19. The number of hydrogen-bond acceptors (Lipinski definition) is 8. The Bertz CT molecular complexity index is 1370. The first-order chi connectivity index (χ1) is 18.9. The first-order valence-corrected chi connectivity index (χ1v) is 12.0. The first-order valence-electron chi connectivity index (χ1n) is 12.0. The molecule has 1 fully saturated rings. The number of esters is 1. The van der Waals surface area contributed by atoms with E-state index < -0.39 is 17.8 Å². The molecule has 1 heterocycles. The fraction of sp³-hybridized carbons (Fsp3) is 0.179. The summed E-state index contributed by atoms with van der Waals surface area (Å²) in [5.41, 5.74) is 3.60. The number of carbonyl (C=O) groups excluding carboxylic acids is 4. The van der Waals surface area contributed by atoms with E-state index in [1.54, 1.807) is 77.7 Å². The number of benzene rings is 3. The van der Waals surface area contributed by atoms with Crippen LogP contribution in [0, 0.1) is 0 Å². The zero-order valence-corrected chi connectivity index (χ0v) is 21.1. The van der Waals surface area contributed by atoms with Crippen molar-refractivity contribution in [1.29, 1.82) is 0 Å². The molecule has 11 heteroatoms. The van der Waals surface area contributed by atoms with Crippen molar-refractivity contribution in [3.8, 4) is 11.5 Å². The number of para-hydroxylation sites is 1. The summed E-state index contributed by atoms with van der Waals surface area (Å²) in [4.78, 5) is 51.4. The van der Waals surface area contributed by atoms with Gasteiger partial charge in [0.25, 0.3) is 5.91 Å². The maximum Gasteiger partial charge on any atom is 0.343 e. The van der Waals surface area contributed by atoms with E-state index in [9.17, 15) is 19.2 Å². The summed E-state index contributed by atoms with van der Waals surface area (Å²) in [7, 11) is 1.54. The van der Waals surface area contributed by atoms with Crippen molar-refractivity contribution in [3.63, 3.8) is 0 Å². The van der Waals surface area contributed by atoms with Gasteiger partial charge in [0.2, 0.25) is 0 Å². The van der Waals surface area contributed by atoms with Crippen LogP contribution in [0.2, 0.25) is 0 Å². The molecule has 4 rings (SSSR count). The third kappa shape index (κ3) is 7.27. The van der Waals surface area contributed by atoms with E-state index in [0.717, 1.165) is 0 Å². The van der Waals surface area contributed by atoms with Gasteiger partial charge in [-0.3, -0.25) is 14.4 Å². The molecule has 0 aliphatic carbocycles. The maximum atomic E-state index is 12.8. The number of nitrogens with one attached hydrogen (secondary N) is 2. The number of hydrazone groups is 1. The molecule has 11 nitrogen and oxygen atoms in total. The molecular formula is C28H26N4O7. The lowest BCUT2D eigenvalue weighted by molar-refractivity contribution is -0.136. The zero-order chi connectivity index (χ0) is 27.6. The van der Waals surface area contributed by atoms with E-state index in [2.05, 4.69) is 15.8 Å². The molecule has 1 saturated heterocycles. The van der Waals surface area contributed by atoms with Crippen molar-refractivity contribution < 1.29 is 33.4 Å². The fourth-order valence-corrected chi connectivity index (χ4v) is 3.63. The lowest BCUT2D eigenvalue weighted by atomic mass is 10.1. The van der Waals surface area contributed by atoms with Crippen LogP contribution in [-0.4, -0.2) is 68.2 Å². The summed E-state index contributed by atoms with van der Waals surface area (Å²) in [5, 5.41) is 6.26. The second-order valence-corrected chi connectivity index (χ2v) is 8.29. The van der Waals surface area contributed by atoms with Gasteiger partial charge in [-0.05, 0) is 66.2 Å². The number of carbonyl (C=O) groups is 4. The number of methoxy groups -OCH3 is 1. The first kappa shape index (κ1) is 27.0. The van der Waals surface area contributed by atoms with E-state index in [-0.39, 0.29) is 17.2 Å². The minimum atomic E-state index is -1.01. The molecule has 0 radical (unpaired) electrons. The van der Waals surface area contributed by atoms with Gasteiger partial charge in [-0.15, -0.1) is 0 Å². The number of rotatable bonds is 7. The van der Waals surface area contributed by atoms with Crippen molar-refractivity contribution in [2.75, 3.05) is 38.7 Å². The second kappa shape index (κ2) is 13.0. The predicted molar refractivity (Wildman–Crippen MR) is 142 cm³/mol. The van der Waals surface area contributed by atoms with Crippen molar-refractivity contribution >= 4 is 35.6 Å². The molecule has 0 bridgehead atoms. The van der Waals surface area contributed by atoms with Crippen molar-refractivity contribution in [3.05, 3.63) is 89.5 Å². The number of amides is 3. The van der Waals surface area contributed by atoms with Crippen LogP contribution in [0.1, 0.15) is 26.3 Å². The quantitative estimate of drug-likeness (QED) is 0.158.